The Kier molecular flexibility index (Phi) is 12.4. The van der Waals surface area contributed by atoms with Crippen LogP contribution in [0.15, 0.2) is 38.0 Å². The summed E-state index contributed by atoms with van der Waals surface area (Å²) >= 11 is 0. The molecule has 3 fully saturated rings. The van der Waals surface area contributed by atoms with Crippen molar-refractivity contribution in [2.45, 2.75) is 86.8 Å². The summed E-state index contributed by atoms with van der Waals surface area (Å²) < 4.78 is 77.5. The molecular formula is C33H41N15O16P2. The number of methoxy groups -OCH3 is 1. The monoisotopic (exact) mass is 965 g/mol. The number of carboxylic acid groups (broad SMARTS) is 1. The van der Waals surface area contributed by atoms with Gasteiger partial charge in [-0.2, -0.15) is 0 Å². The first-order valence-electron chi connectivity index (χ1n) is 19.7. The molecule has 0 saturated carbocycles. The number of aliphatic carboxylic acids is 1. The number of aliphatic hydroxyl groups is 2. The van der Waals surface area contributed by atoms with Crippen LogP contribution in [0.3, 0.4) is 0 Å². The van der Waals surface area contributed by atoms with Gasteiger partial charge in [-0.05, 0) is 6.42 Å². The number of nitrogen functional groups attached to an aromatic ring is 3. The Morgan fingerprint density at radius 1 is 0.682 bits per heavy atom. The zero-order valence-electron chi connectivity index (χ0n) is 34.1. The van der Waals surface area contributed by atoms with Gasteiger partial charge < -0.3 is 61.3 Å². The number of fused-ring (bicyclic) bond motifs is 3. The SMILES string of the molecule is CO[C@H]1[C@@H](OP(=O)(O)OC[C@H]2O[C@@H](n3cnc4c(N)ncnc43)[C@H](O)[C@@H]2O)[C@H](n2cnc3c(N)ncnc32)O[C@@H]1COP(=O)(O)O[C@@H]1C[C@@H](CCC(=O)O)O[C@H]1n1cnc2c(N)ncnc21. The maximum Gasteiger partial charge on any atom is 0.472 e. The third-order valence-corrected chi connectivity index (χ3v) is 13.0. The number of phosphoric acid groups is 2. The summed E-state index contributed by atoms with van der Waals surface area (Å²) in [5.41, 5.74) is 18.9. The van der Waals surface area contributed by atoms with Gasteiger partial charge in [0.1, 0.15) is 78.3 Å². The van der Waals surface area contributed by atoms with E-state index in [1.165, 1.54) is 52.4 Å². The van der Waals surface area contributed by atoms with Crippen molar-refractivity contribution >= 4 is 72.6 Å². The molecule has 6 aromatic rings. The van der Waals surface area contributed by atoms with Gasteiger partial charge in [-0.1, -0.05) is 0 Å². The Morgan fingerprint density at radius 3 is 1.70 bits per heavy atom. The summed E-state index contributed by atoms with van der Waals surface area (Å²) in [6.07, 6.45) is -7.80. The van der Waals surface area contributed by atoms with Crippen LogP contribution >= 0.6 is 15.6 Å². The van der Waals surface area contributed by atoms with E-state index in [-0.39, 0.29) is 70.2 Å². The number of ether oxygens (including phenoxy) is 4. The van der Waals surface area contributed by atoms with Crippen molar-refractivity contribution in [3.8, 4) is 0 Å². The van der Waals surface area contributed by atoms with Crippen molar-refractivity contribution in [1.29, 1.82) is 0 Å². The summed E-state index contributed by atoms with van der Waals surface area (Å²) in [4.78, 5) is 70.5. The minimum absolute atomic E-state index is 0.0128. The number of rotatable bonds is 17. The fourth-order valence-electron chi connectivity index (χ4n) is 7.98. The van der Waals surface area contributed by atoms with Crippen LogP contribution in [0.1, 0.15) is 37.9 Å². The van der Waals surface area contributed by atoms with Crippen LogP contribution in [0.2, 0.25) is 0 Å². The van der Waals surface area contributed by atoms with E-state index in [0.29, 0.717) is 0 Å². The highest BCUT2D eigenvalue weighted by Gasteiger charge is 2.53. The van der Waals surface area contributed by atoms with E-state index >= 15 is 0 Å². The molecule has 31 nitrogen and oxygen atoms in total. The van der Waals surface area contributed by atoms with Gasteiger partial charge in [0.05, 0.1) is 38.3 Å². The topological polar surface area (TPSA) is 435 Å². The van der Waals surface area contributed by atoms with E-state index in [0.717, 1.165) is 6.33 Å². The molecule has 0 spiro atoms. The van der Waals surface area contributed by atoms with E-state index in [1.807, 2.05) is 0 Å². The van der Waals surface area contributed by atoms with Crippen LogP contribution in [-0.2, 0) is 51.0 Å². The Balaban J connectivity index is 0.921. The third kappa shape index (κ3) is 8.77. The Morgan fingerprint density at radius 2 is 1.17 bits per heavy atom. The molecular weight excluding hydrogens is 924 g/mol. The summed E-state index contributed by atoms with van der Waals surface area (Å²) in [5.74, 6) is -0.989. The van der Waals surface area contributed by atoms with Gasteiger partial charge in [-0.25, -0.2) is 54.0 Å². The molecule has 3 aliphatic rings. The summed E-state index contributed by atoms with van der Waals surface area (Å²) in [7, 11) is -9.10. The highest BCUT2D eigenvalue weighted by atomic mass is 31.2. The van der Waals surface area contributed by atoms with Gasteiger partial charge in [0.25, 0.3) is 0 Å². The van der Waals surface area contributed by atoms with Gasteiger partial charge in [-0.3, -0.25) is 36.6 Å². The molecule has 0 amide bonds. The summed E-state index contributed by atoms with van der Waals surface area (Å²) in [6.45, 7) is -1.56. The normalized spacial score (nSPS) is 29.8. The molecule has 0 radical (unpaired) electrons. The molecule has 354 valence electrons. The highest BCUT2D eigenvalue weighted by molar-refractivity contribution is 7.47. The van der Waals surface area contributed by atoms with Gasteiger partial charge in [0.2, 0.25) is 0 Å². The number of imidazole rings is 3. The van der Waals surface area contributed by atoms with Crippen molar-refractivity contribution in [3.05, 3.63) is 38.0 Å². The third-order valence-electron chi connectivity index (χ3n) is 11.0. The number of carbonyl (C=O) groups is 1. The van der Waals surface area contributed by atoms with E-state index in [1.54, 1.807) is 0 Å². The lowest BCUT2D eigenvalue weighted by atomic mass is 10.1. The van der Waals surface area contributed by atoms with Crippen LogP contribution in [0, 0.1) is 0 Å². The molecule has 11 N–H and O–H groups in total. The highest BCUT2D eigenvalue weighted by Crippen LogP contribution is 2.53. The van der Waals surface area contributed by atoms with Gasteiger partial charge in [-0.15, -0.1) is 0 Å². The summed E-state index contributed by atoms with van der Waals surface area (Å²) in [6, 6.07) is 0. The molecule has 13 atom stereocenters. The lowest BCUT2D eigenvalue weighted by Crippen LogP contribution is -2.37. The minimum atomic E-state index is -5.22. The van der Waals surface area contributed by atoms with Crippen molar-refractivity contribution in [3.63, 3.8) is 0 Å². The number of nitrogens with zero attached hydrogens (tertiary/aromatic N) is 12. The van der Waals surface area contributed by atoms with Crippen LogP contribution in [0.5, 0.6) is 0 Å². The Hall–Kier alpha value is -5.50. The molecule has 0 aromatic carbocycles. The predicted octanol–water partition coefficient (Wildman–Crippen LogP) is -1.06. The molecule has 6 aromatic heterocycles. The van der Waals surface area contributed by atoms with Crippen molar-refractivity contribution in [2.75, 3.05) is 37.5 Å². The molecule has 0 aliphatic carbocycles. The maximum absolute atomic E-state index is 13.8. The number of phosphoric ester groups is 2. The average Bonchev–Trinajstić information content (AvgIpc) is 4.14. The second-order valence-electron chi connectivity index (χ2n) is 15.1. The first-order chi connectivity index (χ1) is 31.5. The van der Waals surface area contributed by atoms with Crippen molar-refractivity contribution in [2.24, 2.45) is 0 Å². The van der Waals surface area contributed by atoms with Crippen molar-refractivity contribution in [1.82, 2.24) is 58.6 Å². The predicted molar refractivity (Wildman–Crippen MR) is 217 cm³/mol. The van der Waals surface area contributed by atoms with Gasteiger partial charge in [0, 0.05) is 20.0 Å². The Bertz CT molecular complexity index is 2850. The fourth-order valence-corrected chi connectivity index (χ4v) is 9.83. The number of anilines is 3. The lowest BCUT2D eigenvalue weighted by molar-refractivity contribution is -0.138. The van der Waals surface area contributed by atoms with Crippen LogP contribution in [0.25, 0.3) is 33.5 Å². The molecule has 0 bridgehead atoms. The first-order valence-corrected chi connectivity index (χ1v) is 22.7. The standard InChI is InChI=1S/C33H41N15O16P2/c1-57-23-16(6-59-65(53,54)63-14-4-13(2-3-17(49)50)60-31(14)46-10-43-18-25(34)37-7-40-28(18)46)62-33(48-12-45-20-27(36)39-9-42-30(20)48)24(23)64-66(55,56)58-5-15-21(51)22(52)32(61-15)47-11-44-19-26(35)38-8-41-29(19)47/h7-16,21-24,31-33,51-52H,2-6H2,1H3,(H,49,50)(H,53,54)(H,55,56)(H2,34,37,40)(H2,35,38,41)(H2,36,39,42)/t13-,14-,15-,16-,21-,22-,23-,24-,31-,32-,33-/m1/s1. The van der Waals surface area contributed by atoms with Gasteiger partial charge >= 0.3 is 21.6 Å². The average molecular weight is 966 g/mol. The second kappa shape index (κ2) is 18.0. The number of hydrogen-bond acceptors (Lipinski definition) is 25. The molecule has 66 heavy (non-hydrogen) atoms. The van der Waals surface area contributed by atoms with E-state index < -0.39 is 102 Å². The second-order valence-corrected chi connectivity index (χ2v) is 17.9. The van der Waals surface area contributed by atoms with E-state index in [2.05, 4.69) is 44.9 Å². The quantitative estimate of drug-likeness (QED) is 0.0505. The van der Waals surface area contributed by atoms with E-state index in [9.17, 15) is 39.0 Å². The van der Waals surface area contributed by atoms with E-state index in [4.69, 9.17) is 54.2 Å². The molecule has 33 heteroatoms. The lowest BCUT2D eigenvalue weighted by Gasteiger charge is -2.26. The Labute approximate surface area is 369 Å². The molecule has 9 rings (SSSR count). The largest absolute Gasteiger partial charge is 0.481 e. The van der Waals surface area contributed by atoms with Crippen LogP contribution in [-0.4, -0.2) is 159 Å². The molecule has 2 unspecified atom stereocenters. The van der Waals surface area contributed by atoms with Crippen molar-refractivity contribution < 1.29 is 76.1 Å². The number of carboxylic acids is 1. The fraction of sp³-hybridized carbons (Fsp3) is 0.515. The smallest absolute Gasteiger partial charge is 0.472 e. The molecule has 9 heterocycles. The summed E-state index contributed by atoms with van der Waals surface area (Å²) in [5, 5.41) is 31.1. The number of nitrogens with two attached hydrogens (primary N) is 3. The molecule has 3 aliphatic heterocycles. The number of hydrogen-bond donors (Lipinski definition) is 8. The first kappa shape index (κ1) is 45.6. The van der Waals surface area contributed by atoms with Gasteiger partial charge in [0.15, 0.2) is 53.1 Å². The van der Waals surface area contributed by atoms with Crippen LogP contribution < -0.4 is 17.2 Å². The van der Waals surface area contributed by atoms with Crippen LogP contribution in [0.4, 0.5) is 17.5 Å². The maximum atomic E-state index is 13.8. The minimum Gasteiger partial charge on any atom is -0.481 e. The number of aliphatic hydroxyl groups excluding tert-OH is 2. The zero-order chi connectivity index (χ0) is 46.7. The molecule has 3 saturated heterocycles. The number of aromatic nitrogens is 12. The zero-order valence-corrected chi connectivity index (χ0v) is 35.9.